The lowest BCUT2D eigenvalue weighted by Crippen LogP contribution is -2.08. The fourth-order valence-electron chi connectivity index (χ4n) is 2.22. The van der Waals surface area contributed by atoms with Gasteiger partial charge in [-0.1, -0.05) is 25.1 Å². The van der Waals surface area contributed by atoms with E-state index in [1.807, 2.05) is 6.92 Å². The Hall–Kier alpha value is -1.98. The predicted octanol–water partition coefficient (Wildman–Crippen LogP) is 3.87. The van der Waals surface area contributed by atoms with E-state index in [1.54, 1.807) is 17.6 Å². The Morgan fingerprint density at radius 3 is 2.50 bits per heavy atom. The fraction of sp³-hybridized carbons (Fsp3) is 0.357. The van der Waals surface area contributed by atoms with Crippen molar-refractivity contribution in [3.8, 4) is 11.3 Å². The van der Waals surface area contributed by atoms with Crippen molar-refractivity contribution < 1.29 is 13.2 Å². The highest BCUT2D eigenvalue weighted by Crippen LogP contribution is 2.38. The van der Waals surface area contributed by atoms with Crippen LogP contribution >= 0.6 is 0 Å². The number of alkyl halides is 3. The Labute approximate surface area is 115 Å². The van der Waals surface area contributed by atoms with Crippen LogP contribution < -0.4 is 5.73 Å². The van der Waals surface area contributed by atoms with E-state index in [2.05, 4.69) is 4.98 Å². The zero-order chi connectivity index (χ0) is 14.9. The van der Waals surface area contributed by atoms with Crippen molar-refractivity contribution in [3.63, 3.8) is 0 Å². The van der Waals surface area contributed by atoms with Gasteiger partial charge in [0.2, 0.25) is 0 Å². The smallest absolute Gasteiger partial charge is 0.383 e. The lowest BCUT2D eigenvalue weighted by molar-refractivity contribution is -0.137. The van der Waals surface area contributed by atoms with Crippen molar-refractivity contribution in [1.29, 1.82) is 0 Å². The number of imidazole rings is 1. The SMILES string of the molecule is CCCn1c(C)nc(-c2ccccc2C(F)(F)F)c1N. The van der Waals surface area contributed by atoms with Crippen molar-refractivity contribution >= 4 is 5.82 Å². The molecular formula is C14H16F3N3. The molecule has 0 unspecified atom stereocenters. The second kappa shape index (κ2) is 5.19. The predicted molar refractivity (Wildman–Crippen MR) is 72.1 cm³/mol. The highest BCUT2D eigenvalue weighted by Gasteiger charge is 2.34. The molecule has 0 bridgehead atoms. The van der Waals surface area contributed by atoms with Gasteiger partial charge in [0.25, 0.3) is 0 Å². The number of halogens is 3. The summed E-state index contributed by atoms with van der Waals surface area (Å²) < 4.78 is 40.9. The van der Waals surface area contributed by atoms with Crippen LogP contribution in [0.25, 0.3) is 11.3 Å². The Morgan fingerprint density at radius 2 is 1.90 bits per heavy atom. The first-order chi connectivity index (χ1) is 9.36. The second-order valence-corrected chi connectivity index (χ2v) is 4.59. The minimum atomic E-state index is -4.43. The summed E-state index contributed by atoms with van der Waals surface area (Å²) in [5.41, 5.74) is 5.47. The zero-order valence-electron chi connectivity index (χ0n) is 11.3. The van der Waals surface area contributed by atoms with Gasteiger partial charge in [0.15, 0.2) is 0 Å². The molecular weight excluding hydrogens is 267 g/mol. The summed E-state index contributed by atoms with van der Waals surface area (Å²) in [5, 5.41) is 0. The van der Waals surface area contributed by atoms with Gasteiger partial charge in [-0.2, -0.15) is 13.2 Å². The first kappa shape index (κ1) is 14.4. The molecule has 0 fully saturated rings. The Morgan fingerprint density at radius 1 is 1.25 bits per heavy atom. The van der Waals surface area contributed by atoms with E-state index in [0.717, 1.165) is 12.5 Å². The number of nitrogens with two attached hydrogens (primary N) is 1. The highest BCUT2D eigenvalue weighted by molar-refractivity contribution is 5.74. The molecule has 3 nitrogen and oxygen atoms in total. The van der Waals surface area contributed by atoms with Gasteiger partial charge >= 0.3 is 6.18 Å². The molecule has 0 saturated carbocycles. The Bertz CT molecular complexity index is 615. The summed E-state index contributed by atoms with van der Waals surface area (Å²) in [6.07, 6.45) is -3.59. The van der Waals surface area contributed by atoms with Gasteiger partial charge < -0.3 is 10.3 Å². The zero-order valence-corrected chi connectivity index (χ0v) is 11.3. The van der Waals surface area contributed by atoms with Gasteiger partial charge in [-0.05, 0) is 19.4 Å². The maximum Gasteiger partial charge on any atom is 0.417 e. The molecule has 0 amide bonds. The second-order valence-electron chi connectivity index (χ2n) is 4.59. The minimum absolute atomic E-state index is 0.0236. The molecule has 108 valence electrons. The molecule has 20 heavy (non-hydrogen) atoms. The van der Waals surface area contributed by atoms with Gasteiger partial charge in [0.1, 0.15) is 17.3 Å². The number of hydrogen-bond acceptors (Lipinski definition) is 2. The number of rotatable bonds is 3. The number of hydrogen-bond donors (Lipinski definition) is 1. The van der Waals surface area contributed by atoms with Crippen LogP contribution in [0, 0.1) is 6.92 Å². The maximum absolute atomic E-state index is 13.0. The number of nitrogens with zero attached hydrogens (tertiary/aromatic N) is 2. The third kappa shape index (κ3) is 2.50. The summed E-state index contributed by atoms with van der Waals surface area (Å²) in [5.74, 6) is 0.900. The molecule has 0 atom stereocenters. The lowest BCUT2D eigenvalue weighted by Gasteiger charge is -2.12. The number of aryl methyl sites for hydroxylation is 1. The van der Waals surface area contributed by atoms with Crippen LogP contribution in [0.5, 0.6) is 0 Å². The summed E-state index contributed by atoms with van der Waals surface area (Å²) in [6.45, 7) is 4.35. The monoisotopic (exact) mass is 283 g/mol. The summed E-state index contributed by atoms with van der Waals surface area (Å²) in [4.78, 5) is 4.21. The first-order valence-electron chi connectivity index (χ1n) is 6.35. The molecule has 2 aromatic rings. The number of nitrogen functional groups attached to an aromatic ring is 1. The molecule has 6 heteroatoms. The van der Waals surface area contributed by atoms with Gasteiger partial charge in [0.05, 0.1) is 5.56 Å². The van der Waals surface area contributed by atoms with E-state index in [-0.39, 0.29) is 17.1 Å². The van der Waals surface area contributed by atoms with E-state index < -0.39 is 11.7 Å². The minimum Gasteiger partial charge on any atom is -0.383 e. The average Bonchev–Trinajstić information content (AvgIpc) is 2.66. The summed E-state index contributed by atoms with van der Waals surface area (Å²) in [6, 6.07) is 5.36. The summed E-state index contributed by atoms with van der Waals surface area (Å²) in [7, 11) is 0. The van der Waals surface area contributed by atoms with Crippen molar-refractivity contribution in [2.45, 2.75) is 33.0 Å². The fourth-order valence-corrected chi connectivity index (χ4v) is 2.22. The molecule has 0 spiro atoms. The highest BCUT2D eigenvalue weighted by atomic mass is 19.4. The van der Waals surface area contributed by atoms with Crippen LogP contribution in [0.1, 0.15) is 24.7 Å². The molecule has 0 aliphatic carbocycles. The summed E-state index contributed by atoms with van der Waals surface area (Å²) >= 11 is 0. The third-order valence-electron chi connectivity index (χ3n) is 3.13. The standard InChI is InChI=1S/C14H16F3N3/c1-3-8-20-9(2)19-12(13(20)18)10-6-4-5-7-11(10)14(15,16)17/h4-7H,3,8,18H2,1-2H3. The van der Waals surface area contributed by atoms with Crippen molar-refractivity contribution in [2.24, 2.45) is 0 Å². The van der Waals surface area contributed by atoms with Crippen LogP contribution in [0.4, 0.5) is 19.0 Å². The molecule has 0 radical (unpaired) electrons. The average molecular weight is 283 g/mol. The van der Waals surface area contributed by atoms with Gasteiger partial charge in [-0.3, -0.25) is 0 Å². The molecule has 1 aromatic heterocycles. The number of anilines is 1. The molecule has 0 aliphatic rings. The van der Waals surface area contributed by atoms with E-state index in [9.17, 15) is 13.2 Å². The van der Waals surface area contributed by atoms with Crippen LogP contribution in [-0.4, -0.2) is 9.55 Å². The first-order valence-corrected chi connectivity index (χ1v) is 6.35. The Balaban J connectivity index is 2.61. The van der Waals surface area contributed by atoms with Crippen molar-refractivity contribution in [2.75, 3.05) is 5.73 Å². The number of aromatic nitrogens is 2. The Kier molecular flexibility index (Phi) is 3.74. The van der Waals surface area contributed by atoms with Crippen molar-refractivity contribution in [3.05, 3.63) is 35.7 Å². The maximum atomic E-state index is 13.0. The number of benzene rings is 1. The van der Waals surface area contributed by atoms with E-state index in [4.69, 9.17) is 5.73 Å². The van der Waals surface area contributed by atoms with E-state index >= 15 is 0 Å². The molecule has 1 heterocycles. The molecule has 1 aromatic carbocycles. The van der Waals surface area contributed by atoms with Gasteiger partial charge in [-0.25, -0.2) is 4.98 Å². The van der Waals surface area contributed by atoms with E-state index in [1.165, 1.54) is 12.1 Å². The lowest BCUT2D eigenvalue weighted by atomic mass is 10.0. The quantitative estimate of drug-likeness (QED) is 0.929. The van der Waals surface area contributed by atoms with Crippen LogP contribution in [-0.2, 0) is 12.7 Å². The molecule has 2 rings (SSSR count). The van der Waals surface area contributed by atoms with Gasteiger partial charge in [0, 0.05) is 12.1 Å². The molecule has 0 saturated heterocycles. The third-order valence-corrected chi connectivity index (χ3v) is 3.13. The normalized spacial score (nSPS) is 11.8. The van der Waals surface area contributed by atoms with Crippen LogP contribution in [0.2, 0.25) is 0 Å². The topological polar surface area (TPSA) is 43.8 Å². The van der Waals surface area contributed by atoms with E-state index in [0.29, 0.717) is 12.4 Å². The van der Waals surface area contributed by atoms with Gasteiger partial charge in [-0.15, -0.1) is 0 Å². The molecule has 2 N–H and O–H groups in total. The van der Waals surface area contributed by atoms with Crippen molar-refractivity contribution in [1.82, 2.24) is 9.55 Å². The van der Waals surface area contributed by atoms with Crippen LogP contribution in [0.15, 0.2) is 24.3 Å². The molecule has 0 aliphatic heterocycles. The van der Waals surface area contributed by atoms with Crippen LogP contribution in [0.3, 0.4) is 0 Å². The largest absolute Gasteiger partial charge is 0.417 e.